The third-order valence-electron chi connectivity index (χ3n) is 5.60. The molecule has 1 aromatic carbocycles. The molecule has 0 aliphatic carbocycles. The molecule has 1 aromatic heterocycles. The Morgan fingerprint density at radius 3 is 2.61 bits per heavy atom. The average molecular weight is 385 g/mol. The van der Waals surface area contributed by atoms with E-state index in [1.54, 1.807) is 12.4 Å². The van der Waals surface area contributed by atoms with Crippen LogP contribution in [0.4, 0.5) is 14.5 Å². The number of halogens is 2. The van der Waals surface area contributed by atoms with Gasteiger partial charge in [0.05, 0.1) is 5.92 Å². The van der Waals surface area contributed by atoms with Crippen LogP contribution < -0.4 is 4.90 Å². The number of piperidine rings is 1. The number of carbonyl (C=O) groups excluding carboxylic acids is 2. The smallest absolute Gasteiger partial charge is 0.228 e. The molecule has 0 saturated carbocycles. The molecule has 2 atom stereocenters. The number of hydrogen-bond donors (Lipinski definition) is 0. The first-order valence-corrected chi connectivity index (χ1v) is 9.47. The van der Waals surface area contributed by atoms with E-state index >= 15 is 0 Å². The van der Waals surface area contributed by atoms with Crippen molar-refractivity contribution in [2.45, 2.75) is 25.2 Å². The number of pyridine rings is 1. The fourth-order valence-electron chi connectivity index (χ4n) is 4.12. The van der Waals surface area contributed by atoms with Gasteiger partial charge in [0.2, 0.25) is 11.8 Å². The van der Waals surface area contributed by atoms with E-state index in [0.29, 0.717) is 13.1 Å². The summed E-state index contributed by atoms with van der Waals surface area (Å²) in [6.07, 6.45) is 5.52. The van der Waals surface area contributed by atoms with E-state index in [2.05, 4.69) is 4.98 Å². The minimum Gasteiger partial charge on any atom is -0.342 e. The number of hydrogen-bond acceptors (Lipinski definition) is 3. The molecular formula is C21H21F2N3O2. The SMILES string of the molecule is O=C(C1CC(=O)N(c2ccc(F)c(F)c2)C1)N1CCCC(c2ccncc2)C1. The van der Waals surface area contributed by atoms with Crippen molar-refractivity contribution in [2.75, 3.05) is 24.5 Å². The van der Waals surface area contributed by atoms with Crippen LogP contribution in [0.2, 0.25) is 0 Å². The Morgan fingerprint density at radius 1 is 1.07 bits per heavy atom. The van der Waals surface area contributed by atoms with Crippen molar-refractivity contribution < 1.29 is 18.4 Å². The highest BCUT2D eigenvalue weighted by molar-refractivity contribution is 6.00. The highest BCUT2D eigenvalue weighted by Crippen LogP contribution is 2.31. The van der Waals surface area contributed by atoms with E-state index in [0.717, 1.165) is 25.0 Å². The molecule has 3 heterocycles. The van der Waals surface area contributed by atoms with Crippen LogP contribution in [0.3, 0.4) is 0 Å². The van der Waals surface area contributed by atoms with Crippen LogP contribution in [-0.2, 0) is 9.59 Å². The summed E-state index contributed by atoms with van der Waals surface area (Å²) >= 11 is 0. The monoisotopic (exact) mass is 385 g/mol. The number of rotatable bonds is 3. The van der Waals surface area contributed by atoms with Crippen LogP contribution in [0.5, 0.6) is 0 Å². The Morgan fingerprint density at radius 2 is 1.86 bits per heavy atom. The van der Waals surface area contributed by atoms with Gasteiger partial charge in [0.1, 0.15) is 0 Å². The Bertz CT molecular complexity index is 890. The maximum atomic E-state index is 13.5. The van der Waals surface area contributed by atoms with Crippen LogP contribution in [0.15, 0.2) is 42.7 Å². The summed E-state index contributed by atoms with van der Waals surface area (Å²) in [5.74, 6) is -2.45. The molecule has 7 heteroatoms. The van der Waals surface area contributed by atoms with Crippen molar-refractivity contribution in [3.8, 4) is 0 Å². The minimum atomic E-state index is -1.00. The number of anilines is 1. The molecule has 28 heavy (non-hydrogen) atoms. The Kier molecular flexibility index (Phi) is 5.07. The highest BCUT2D eigenvalue weighted by Gasteiger charge is 2.38. The molecular weight excluding hydrogens is 364 g/mol. The first kappa shape index (κ1) is 18.5. The molecule has 2 aliphatic heterocycles. The normalized spacial score (nSPS) is 22.6. The summed E-state index contributed by atoms with van der Waals surface area (Å²) in [5, 5.41) is 0. The summed E-state index contributed by atoms with van der Waals surface area (Å²) in [7, 11) is 0. The zero-order valence-electron chi connectivity index (χ0n) is 15.4. The maximum absolute atomic E-state index is 13.5. The van der Waals surface area contributed by atoms with Gasteiger partial charge in [-0.2, -0.15) is 0 Å². The molecule has 0 bridgehead atoms. The van der Waals surface area contributed by atoms with Gasteiger partial charge in [-0.3, -0.25) is 14.6 Å². The lowest BCUT2D eigenvalue weighted by Gasteiger charge is -2.34. The predicted molar refractivity (Wildman–Crippen MR) is 99.6 cm³/mol. The summed E-state index contributed by atoms with van der Waals surface area (Å²) in [6.45, 7) is 1.49. The predicted octanol–water partition coefficient (Wildman–Crippen LogP) is 3.12. The van der Waals surface area contributed by atoms with Gasteiger partial charge >= 0.3 is 0 Å². The Balaban J connectivity index is 1.45. The number of nitrogens with zero attached hydrogens (tertiary/aromatic N) is 3. The maximum Gasteiger partial charge on any atom is 0.228 e. The van der Waals surface area contributed by atoms with E-state index < -0.39 is 17.6 Å². The molecule has 5 nitrogen and oxygen atoms in total. The average Bonchev–Trinajstić information content (AvgIpc) is 3.12. The third kappa shape index (κ3) is 3.61. The van der Waals surface area contributed by atoms with Gasteiger partial charge in [-0.15, -0.1) is 0 Å². The van der Waals surface area contributed by atoms with Crippen LogP contribution in [0.1, 0.15) is 30.7 Å². The third-order valence-corrected chi connectivity index (χ3v) is 5.60. The fourth-order valence-corrected chi connectivity index (χ4v) is 4.12. The van der Waals surface area contributed by atoms with Gasteiger partial charge in [0.15, 0.2) is 11.6 Å². The van der Waals surface area contributed by atoms with Gasteiger partial charge < -0.3 is 9.80 Å². The highest BCUT2D eigenvalue weighted by atomic mass is 19.2. The first-order valence-electron chi connectivity index (χ1n) is 9.47. The second kappa shape index (κ2) is 7.66. The van der Waals surface area contributed by atoms with Gasteiger partial charge in [-0.25, -0.2) is 8.78 Å². The van der Waals surface area contributed by atoms with Crippen molar-refractivity contribution >= 4 is 17.5 Å². The molecule has 4 rings (SSSR count). The van der Waals surface area contributed by atoms with Gasteiger partial charge in [-0.05, 0) is 42.7 Å². The van der Waals surface area contributed by atoms with E-state index in [1.807, 2.05) is 17.0 Å². The number of aromatic nitrogens is 1. The van der Waals surface area contributed by atoms with Crippen LogP contribution in [0.25, 0.3) is 0 Å². The molecule has 2 aromatic rings. The van der Waals surface area contributed by atoms with Gasteiger partial charge in [0, 0.05) is 56.1 Å². The topological polar surface area (TPSA) is 53.5 Å². The molecule has 2 unspecified atom stereocenters. The van der Waals surface area contributed by atoms with E-state index in [4.69, 9.17) is 0 Å². The number of benzene rings is 1. The molecule has 2 amide bonds. The lowest BCUT2D eigenvalue weighted by molar-refractivity contribution is -0.137. The lowest BCUT2D eigenvalue weighted by Crippen LogP contribution is -2.43. The van der Waals surface area contributed by atoms with Crippen molar-refractivity contribution in [3.05, 3.63) is 59.9 Å². The summed E-state index contributed by atoms with van der Waals surface area (Å²) in [6, 6.07) is 7.31. The largest absolute Gasteiger partial charge is 0.342 e. The minimum absolute atomic E-state index is 0.0443. The van der Waals surface area contributed by atoms with E-state index in [1.165, 1.54) is 16.5 Å². The molecule has 146 valence electrons. The first-order chi connectivity index (χ1) is 13.5. The van der Waals surface area contributed by atoms with Crippen molar-refractivity contribution in [2.24, 2.45) is 5.92 Å². The van der Waals surface area contributed by atoms with Crippen molar-refractivity contribution in [3.63, 3.8) is 0 Å². The van der Waals surface area contributed by atoms with Gasteiger partial charge in [-0.1, -0.05) is 0 Å². The molecule has 2 aliphatic rings. The molecule has 0 N–H and O–H groups in total. The molecule has 2 saturated heterocycles. The fraction of sp³-hybridized carbons (Fsp3) is 0.381. The van der Waals surface area contributed by atoms with E-state index in [-0.39, 0.29) is 36.4 Å². The number of likely N-dealkylation sites (tertiary alicyclic amines) is 1. The quantitative estimate of drug-likeness (QED) is 0.816. The second-order valence-electron chi connectivity index (χ2n) is 7.41. The number of amides is 2. The Hall–Kier alpha value is -2.83. The summed E-state index contributed by atoms with van der Waals surface area (Å²) in [4.78, 5) is 32.7. The summed E-state index contributed by atoms with van der Waals surface area (Å²) in [5.41, 5.74) is 1.45. The molecule has 0 spiro atoms. The molecule has 0 radical (unpaired) electrons. The van der Waals surface area contributed by atoms with Crippen molar-refractivity contribution in [1.82, 2.24) is 9.88 Å². The zero-order valence-corrected chi connectivity index (χ0v) is 15.4. The van der Waals surface area contributed by atoms with Crippen molar-refractivity contribution in [1.29, 1.82) is 0 Å². The zero-order chi connectivity index (χ0) is 19.7. The standard InChI is InChI=1S/C21H21F2N3O2/c22-18-4-3-17(11-19(18)23)26-13-16(10-20(26)27)21(28)25-9-1-2-15(12-25)14-5-7-24-8-6-14/h3-8,11,15-16H,1-2,9-10,12-13H2. The van der Waals surface area contributed by atoms with Gasteiger partial charge in [0.25, 0.3) is 0 Å². The van der Waals surface area contributed by atoms with E-state index in [9.17, 15) is 18.4 Å². The van der Waals surface area contributed by atoms with Crippen LogP contribution >= 0.6 is 0 Å². The summed E-state index contributed by atoms with van der Waals surface area (Å²) < 4.78 is 26.7. The van der Waals surface area contributed by atoms with Crippen LogP contribution in [0, 0.1) is 17.6 Å². The number of carbonyl (C=O) groups is 2. The molecule has 2 fully saturated rings. The lowest BCUT2D eigenvalue weighted by atomic mass is 9.90. The van der Waals surface area contributed by atoms with Crippen LogP contribution in [-0.4, -0.2) is 41.3 Å². The second-order valence-corrected chi connectivity index (χ2v) is 7.41. The Labute approximate surface area is 162 Å².